The number of benzene rings is 1. The van der Waals surface area contributed by atoms with E-state index < -0.39 is 6.10 Å². The number of nitrogens with zero attached hydrogens (tertiary/aromatic N) is 1. The van der Waals surface area contributed by atoms with E-state index in [9.17, 15) is 10.2 Å². The number of piperidine rings is 1. The van der Waals surface area contributed by atoms with Gasteiger partial charge in [-0.3, -0.25) is 0 Å². The van der Waals surface area contributed by atoms with Crippen LogP contribution >= 0.6 is 11.8 Å². The molecule has 0 radical (unpaired) electrons. The van der Waals surface area contributed by atoms with Crippen molar-refractivity contribution in [1.29, 1.82) is 0 Å². The summed E-state index contributed by atoms with van der Waals surface area (Å²) in [5, 5.41) is 21.1. The summed E-state index contributed by atoms with van der Waals surface area (Å²) in [6, 6.07) is 8.33. The van der Waals surface area contributed by atoms with E-state index in [-0.39, 0.29) is 12.0 Å². The van der Waals surface area contributed by atoms with Crippen LogP contribution in [-0.2, 0) is 6.42 Å². The van der Waals surface area contributed by atoms with Crippen LogP contribution in [0.4, 0.5) is 0 Å². The number of aliphatic hydroxyl groups is 2. The molecule has 1 saturated carbocycles. The lowest BCUT2D eigenvalue weighted by Gasteiger charge is -2.26. The summed E-state index contributed by atoms with van der Waals surface area (Å²) in [7, 11) is 0. The Balaban J connectivity index is 1.19. The summed E-state index contributed by atoms with van der Waals surface area (Å²) < 4.78 is 0. The molecule has 1 heterocycles. The fraction of sp³-hybridized carbons (Fsp3) is 0.643. The second-order valence-electron chi connectivity index (χ2n) is 10.1. The van der Waals surface area contributed by atoms with Crippen LogP contribution in [0.15, 0.2) is 48.1 Å². The van der Waals surface area contributed by atoms with Gasteiger partial charge in [0.1, 0.15) is 0 Å². The lowest BCUT2D eigenvalue weighted by Crippen LogP contribution is -2.31. The molecule has 2 fully saturated rings. The maximum atomic E-state index is 10.6. The fourth-order valence-electron chi connectivity index (χ4n) is 5.88. The minimum atomic E-state index is -0.492. The molecule has 1 aliphatic heterocycles. The van der Waals surface area contributed by atoms with Gasteiger partial charge in [-0.15, -0.1) is 0 Å². The first-order chi connectivity index (χ1) is 15.6. The van der Waals surface area contributed by atoms with Gasteiger partial charge < -0.3 is 15.1 Å². The highest BCUT2D eigenvalue weighted by molar-refractivity contribution is 7.99. The number of thioether (sulfide) groups is 1. The Morgan fingerprint density at radius 1 is 1.19 bits per heavy atom. The van der Waals surface area contributed by atoms with Crippen LogP contribution in [0.25, 0.3) is 0 Å². The molecule has 0 spiro atoms. The van der Waals surface area contributed by atoms with Crippen molar-refractivity contribution in [3.63, 3.8) is 0 Å². The Labute approximate surface area is 199 Å². The first-order valence-corrected chi connectivity index (χ1v) is 13.8. The smallest absolute Gasteiger partial charge is 0.0761 e. The molecule has 3 nitrogen and oxygen atoms in total. The van der Waals surface area contributed by atoms with Gasteiger partial charge in [-0.25, -0.2) is 0 Å². The average Bonchev–Trinajstić information content (AvgIpc) is 3.29. The first-order valence-electron chi connectivity index (χ1n) is 12.7. The van der Waals surface area contributed by atoms with E-state index in [1.165, 1.54) is 62.4 Å². The second kappa shape index (κ2) is 11.9. The van der Waals surface area contributed by atoms with Crippen molar-refractivity contribution in [1.82, 2.24) is 4.90 Å². The van der Waals surface area contributed by atoms with Crippen molar-refractivity contribution in [3.8, 4) is 0 Å². The van der Waals surface area contributed by atoms with E-state index >= 15 is 0 Å². The van der Waals surface area contributed by atoms with Crippen LogP contribution in [0, 0.1) is 24.7 Å². The van der Waals surface area contributed by atoms with Crippen LogP contribution in [0.3, 0.4) is 0 Å². The van der Waals surface area contributed by atoms with Gasteiger partial charge in [-0.2, -0.15) is 11.8 Å². The van der Waals surface area contributed by atoms with Gasteiger partial charge in [0.05, 0.1) is 12.2 Å². The van der Waals surface area contributed by atoms with Crippen molar-refractivity contribution in [2.24, 2.45) is 17.8 Å². The zero-order chi connectivity index (χ0) is 22.3. The number of aliphatic hydroxyl groups excluding tert-OH is 2. The van der Waals surface area contributed by atoms with Gasteiger partial charge in [0.2, 0.25) is 0 Å². The highest BCUT2D eigenvalue weighted by Gasteiger charge is 2.43. The monoisotopic (exact) mass is 455 g/mol. The van der Waals surface area contributed by atoms with Crippen molar-refractivity contribution in [3.05, 3.63) is 59.2 Å². The maximum absolute atomic E-state index is 10.6. The molecule has 2 N–H and O–H groups in total. The highest BCUT2D eigenvalue weighted by atomic mass is 32.2. The number of hydrogen-bond donors (Lipinski definition) is 2. The maximum Gasteiger partial charge on any atom is 0.0761 e. The van der Waals surface area contributed by atoms with Crippen LogP contribution in [-0.4, -0.2) is 58.5 Å². The van der Waals surface area contributed by atoms with Gasteiger partial charge >= 0.3 is 0 Å². The number of fused-ring (bicyclic) bond motifs is 1. The van der Waals surface area contributed by atoms with Crippen LogP contribution in [0.1, 0.15) is 49.7 Å². The topological polar surface area (TPSA) is 43.7 Å². The van der Waals surface area contributed by atoms with Gasteiger partial charge in [0.25, 0.3) is 0 Å². The average molecular weight is 456 g/mol. The van der Waals surface area contributed by atoms with E-state index in [1.54, 1.807) is 5.57 Å². The Hall–Kier alpha value is -1.07. The number of allylic oxidation sites excluding steroid dienone is 2. The van der Waals surface area contributed by atoms with Crippen LogP contribution in [0.5, 0.6) is 0 Å². The summed E-state index contributed by atoms with van der Waals surface area (Å²) in [6.07, 6.45) is 13.7. The second-order valence-corrected chi connectivity index (χ2v) is 11.4. The third-order valence-electron chi connectivity index (χ3n) is 7.60. The Morgan fingerprint density at radius 2 is 2.03 bits per heavy atom. The van der Waals surface area contributed by atoms with Crippen LogP contribution < -0.4 is 0 Å². The molecule has 0 aromatic heterocycles. The molecule has 0 bridgehead atoms. The molecule has 5 atom stereocenters. The van der Waals surface area contributed by atoms with Gasteiger partial charge in [0, 0.05) is 24.6 Å². The fourth-order valence-corrected chi connectivity index (χ4v) is 6.88. The summed E-state index contributed by atoms with van der Waals surface area (Å²) in [5.41, 5.74) is 3.98. The molecular formula is C28H41NO2S. The number of likely N-dealkylation sites (tertiary alicyclic amines) is 1. The number of aryl methyl sites for hydroxylation is 1. The number of rotatable bonds is 10. The SMILES string of the molecule is Cc1cccc(C[C@@H](O)/C=C/[C@@H]2[C@H]3CC(CCSCCN4CCCCC4)=C[C@H]3C[C@H]2O)c1. The molecule has 4 heteroatoms. The lowest BCUT2D eigenvalue weighted by molar-refractivity contribution is 0.140. The quantitative estimate of drug-likeness (QED) is 0.385. The molecule has 0 amide bonds. The minimum Gasteiger partial charge on any atom is -0.392 e. The van der Waals surface area contributed by atoms with Crippen molar-refractivity contribution in [2.75, 3.05) is 31.1 Å². The zero-order valence-corrected chi connectivity index (χ0v) is 20.5. The van der Waals surface area contributed by atoms with E-state index in [2.05, 4.69) is 53.9 Å². The van der Waals surface area contributed by atoms with Crippen molar-refractivity contribution >= 4 is 11.8 Å². The third-order valence-corrected chi connectivity index (χ3v) is 8.56. The van der Waals surface area contributed by atoms with E-state index in [0.29, 0.717) is 18.3 Å². The Morgan fingerprint density at radius 3 is 2.84 bits per heavy atom. The summed E-state index contributed by atoms with van der Waals surface area (Å²) >= 11 is 2.10. The molecule has 0 unspecified atom stereocenters. The first kappa shape index (κ1) is 24.1. The van der Waals surface area contributed by atoms with Gasteiger partial charge in [0.15, 0.2) is 0 Å². The van der Waals surface area contributed by atoms with Crippen molar-refractivity contribution < 1.29 is 10.2 Å². The zero-order valence-electron chi connectivity index (χ0n) is 19.7. The lowest BCUT2D eigenvalue weighted by atomic mass is 9.88. The summed E-state index contributed by atoms with van der Waals surface area (Å²) in [5.74, 6) is 3.68. The van der Waals surface area contributed by atoms with Gasteiger partial charge in [-0.1, -0.05) is 60.1 Å². The van der Waals surface area contributed by atoms with E-state index in [1.807, 2.05) is 12.1 Å². The van der Waals surface area contributed by atoms with E-state index in [4.69, 9.17) is 0 Å². The molecule has 2 aliphatic carbocycles. The molecule has 1 saturated heterocycles. The minimum absolute atomic E-state index is 0.174. The van der Waals surface area contributed by atoms with Crippen LogP contribution in [0.2, 0.25) is 0 Å². The molecule has 32 heavy (non-hydrogen) atoms. The van der Waals surface area contributed by atoms with Crippen molar-refractivity contribution in [2.45, 2.75) is 64.1 Å². The molecule has 176 valence electrons. The normalized spacial score (nSPS) is 29.4. The molecule has 1 aromatic carbocycles. The molecule has 3 aliphatic rings. The Kier molecular flexibility index (Phi) is 8.93. The molecular weight excluding hydrogens is 414 g/mol. The van der Waals surface area contributed by atoms with E-state index in [0.717, 1.165) is 18.4 Å². The largest absolute Gasteiger partial charge is 0.392 e. The van der Waals surface area contributed by atoms with Gasteiger partial charge in [-0.05, 0) is 75.3 Å². The summed E-state index contributed by atoms with van der Waals surface area (Å²) in [6.45, 7) is 5.93. The highest BCUT2D eigenvalue weighted by Crippen LogP contribution is 2.48. The predicted molar refractivity (Wildman–Crippen MR) is 136 cm³/mol. The predicted octanol–water partition coefficient (Wildman–Crippen LogP) is 5.01. The summed E-state index contributed by atoms with van der Waals surface area (Å²) in [4.78, 5) is 2.63. The standard InChI is InChI=1S/C28H41NO2S/c1-21-6-5-7-22(16-21)18-25(30)8-9-26-27-19-23(17-24(27)20-28(26)31)10-14-32-15-13-29-11-3-2-4-12-29/h5-9,16-17,24-28,30-31H,2-4,10-15,18-20H2,1H3/b9-8+/t24-,25-,26+,27-,28+/m0/s1. The molecule has 4 rings (SSSR count). The third kappa shape index (κ3) is 6.72. The number of hydrogen-bond acceptors (Lipinski definition) is 4. The Bertz CT molecular complexity index is 785. The molecule has 1 aromatic rings.